The first-order valence-electron chi connectivity index (χ1n) is 5.70. The molecule has 3 nitrogen and oxygen atoms in total. The van der Waals surface area contributed by atoms with Crippen LogP contribution >= 0.6 is 54.5 Å². The molecule has 0 radical (unpaired) electrons. The molecule has 0 spiro atoms. The number of nitrogens with two attached hydrogens (primary N) is 1. The number of hydrogen-bond donors (Lipinski definition) is 2. The molecule has 1 amide bonds. The van der Waals surface area contributed by atoms with Gasteiger partial charge in [-0.05, 0) is 65.4 Å². The lowest BCUT2D eigenvalue weighted by atomic mass is 10.1. The van der Waals surface area contributed by atoms with Gasteiger partial charge < -0.3 is 11.1 Å². The molecule has 0 heterocycles. The fourth-order valence-electron chi connectivity index (χ4n) is 1.79. The number of aryl methyl sites for hydroxylation is 1. The molecule has 2 aromatic rings. The van der Waals surface area contributed by atoms with Crippen molar-refractivity contribution in [2.75, 3.05) is 11.1 Å². The molecular formula is C14H11Br2IN2O. The standard InChI is InChI=1S/C14H11Br2IN2O/c1-7-4-9(16)6-12(18)13(7)19-14(20)10-5-8(15)2-3-11(10)17/h2-6H,18H2,1H3,(H,19,20). The molecule has 0 saturated heterocycles. The Morgan fingerprint density at radius 2 is 1.90 bits per heavy atom. The minimum Gasteiger partial charge on any atom is -0.397 e. The second kappa shape index (κ2) is 6.44. The van der Waals surface area contributed by atoms with Gasteiger partial charge >= 0.3 is 0 Å². The molecule has 0 aromatic heterocycles. The lowest BCUT2D eigenvalue weighted by Crippen LogP contribution is -2.15. The minimum atomic E-state index is -0.173. The maximum Gasteiger partial charge on any atom is 0.256 e. The van der Waals surface area contributed by atoms with Gasteiger partial charge in [-0.2, -0.15) is 0 Å². The van der Waals surface area contributed by atoms with Gasteiger partial charge in [-0.25, -0.2) is 0 Å². The molecule has 0 fully saturated rings. The van der Waals surface area contributed by atoms with Crippen LogP contribution in [0.1, 0.15) is 15.9 Å². The van der Waals surface area contributed by atoms with Crippen molar-refractivity contribution in [2.24, 2.45) is 0 Å². The zero-order valence-corrected chi connectivity index (χ0v) is 15.8. The summed E-state index contributed by atoms with van der Waals surface area (Å²) in [6, 6.07) is 9.27. The Morgan fingerprint density at radius 1 is 1.20 bits per heavy atom. The maximum atomic E-state index is 12.4. The Morgan fingerprint density at radius 3 is 2.55 bits per heavy atom. The maximum absolute atomic E-state index is 12.4. The lowest BCUT2D eigenvalue weighted by molar-refractivity contribution is 0.102. The number of carbonyl (C=O) groups is 1. The van der Waals surface area contributed by atoms with Crippen molar-refractivity contribution in [3.05, 3.63) is 54.0 Å². The zero-order chi connectivity index (χ0) is 14.9. The molecule has 104 valence electrons. The van der Waals surface area contributed by atoms with E-state index in [0.717, 1.165) is 18.1 Å². The van der Waals surface area contributed by atoms with Crippen LogP contribution in [0, 0.1) is 10.5 Å². The van der Waals surface area contributed by atoms with Crippen molar-refractivity contribution in [1.29, 1.82) is 0 Å². The van der Waals surface area contributed by atoms with Gasteiger partial charge in [0.15, 0.2) is 0 Å². The smallest absolute Gasteiger partial charge is 0.256 e. The predicted octanol–water partition coefficient (Wildman–Crippen LogP) is 4.96. The van der Waals surface area contributed by atoms with Crippen LogP contribution in [0.3, 0.4) is 0 Å². The van der Waals surface area contributed by atoms with Gasteiger partial charge in [-0.3, -0.25) is 4.79 Å². The van der Waals surface area contributed by atoms with Crippen LogP contribution in [0.2, 0.25) is 0 Å². The van der Waals surface area contributed by atoms with Crippen molar-refractivity contribution in [3.63, 3.8) is 0 Å². The Balaban J connectivity index is 2.35. The summed E-state index contributed by atoms with van der Waals surface area (Å²) in [5.41, 5.74) is 8.67. The molecule has 6 heteroatoms. The van der Waals surface area contributed by atoms with Gasteiger partial charge in [-0.1, -0.05) is 31.9 Å². The topological polar surface area (TPSA) is 55.1 Å². The minimum absolute atomic E-state index is 0.173. The summed E-state index contributed by atoms with van der Waals surface area (Å²) in [7, 11) is 0. The summed E-state index contributed by atoms with van der Waals surface area (Å²) in [6.07, 6.45) is 0. The molecule has 0 unspecified atom stereocenters. The molecule has 0 aliphatic rings. The highest BCUT2D eigenvalue weighted by Gasteiger charge is 2.14. The van der Waals surface area contributed by atoms with Crippen LogP contribution in [0.4, 0.5) is 11.4 Å². The third-order valence-corrected chi connectivity index (χ3v) is 4.63. The molecule has 2 aromatic carbocycles. The van der Waals surface area contributed by atoms with Gasteiger partial charge in [0.05, 0.1) is 16.9 Å². The summed E-state index contributed by atoms with van der Waals surface area (Å²) in [5.74, 6) is -0.173. The first-order valence-corrected chi connectivity index (χ1v) is 8.37. The van der Waals surface area contributed by atoms with Crippen molar-refractivity contribution in [2.45, 2.75) is 6.92 Å². The van der Waals surface area contributed by atoms with Gasteiger partial charge in [0.2, 0.25) is 0 Å². The first kappa shape index (κ1) is 15.8. The summed E-state index contributed by atoms with van der Waals surface area (Å²) < 4.78 is 2.64. The van der Waals surface area contributed by atoms with E-state index in [1.165, 1.54) is 0 Å². The number of nitrogen functional groups attached to an aromatic ring is 1. The molecule has 0 saturated carbocycles. The molecule has 0 aliphatic heterocycles. The number of anilines is 2. The normalized spacial score (nSPS) is 10.4. The molecular weight excluding hydrogens is 499 g/mol. The Bertz CT molecular complexity index is 666. The van der Waals surface area contributed by atoms with E-state index in [1.807, 2.05) is 25.1 Å². The van der Waals surface area contributed by atoms with Crippen molar-refractivity contribution in [1.82, 2.24) is 0 Å². The Kier molecular flexibility index (Phi) is 5.09. The second-order valence-electron chi connectivity index (χ2n) is 4.27. The van der Waals surface area contributed by atoms with Crippen LogP contribution in [-0.2, 0) is 0 Å². The number of nitrogens with one attached hydrogen (secondary N) is 1. The van der Waals surface area contributed by atoms with Crippen molar-refractivity contribution in [3.8, 4) is 0 Å². The second-order valence-corrected chi connectivity index (χ2v) is 7.26. The number of benzene rings is 2. The van der Waals surface area contributed by atoms with Gasteiger partial charge in [0.25, 0.3) is 5.91 Å². The SMILES string of the molecule is Cc1cc(Br)cc(N)c1NC(=O)c1cc(Br)ccc1I. The van der Waals surface area contributed by atoms with Crippen LogP contribution < -0.4 is 11.1 Å². The number of halogens is 3. The molecule has 0 atom stereocenters. The third kappa shape index (κ3) is 3.53. The first-order chi connectivity index (χ1) is 9.38. The van der Waals surface area contributed by atoms with E-state index < -0.39 is 0 Å². The number of amides is 1. The van der Waals surface area contributed by atoms with Gasteiger partial charge in [0, 0.05) is 12.5 Å². The fourth-order valence-corrected chi connectivity index (χ4v) is 3.32. The number of carbonyl (C=O) groups excluding carboxylic acids is 1. The average Bonchev–Trinajstić information content (AvgIpc) is 2.36. The molecule has 2 rings (SSSR count). The van der Waals surface area contributed by atoms with E-state index in [9.17, 15) is 4.79 Å². The van der Waals surface area contributed by atoms with E-state index in [-0.39, 0.29) is 5.91 Å². The zero-order valence-electron chi connectivity index (χ0n) is 10.5. The largest absolute Gasteiger partial charge is 0.397 e. The quantitative estimate of drug-likeness (QED) is 0.444. The third-order valence-electron chi connectivity index (χ3n) is 2.74. The highest BCUT2D eigenvalue weighted by molar-refractivity contribution is 14.1. The van der Waals surface area contributed by atoms with E-state index in [2.05, 4.69) is 59.8 Å². The number of hydrogen-bond acceptors (Lipinski definition) is 2. The van der Waals surface area contributed by atoms with Crippen molar-refractivity contribution >= 4 is 71.7 Å². The van der Waals surface area contributed by atoms with Crippen molar-refractivity contribution < 1.29 is 4.79 Å². The Hall–Kier alpha value is -0.600. The summed E-state index contributed by atoms with van der Waals surface area (Å²) in [4.78, 5) is 12.4. The lowest BCUT2D eigenvalue weighted by Gasteiger charge is -2.13. The van der Waals surface area contributed by atoms with E-state index >= 15 is 0 Å². The Labute approximate surface area is 147 Å². The molecule has 20 heavy (non-hydrogen) atoms. The van der Waals surface area contributed by atoms with Crippen LogP contribution in [0.15, 0.2) is 39.3 Å². The fraction of sp³-hybridized carbons (Fsp3) is 0.0714. The van der Waals surface area contributed by atoms with Crippen LogP contribution in [0.5, 0.6) is 0 Å². The predicted molar refractivity (Wildman–Crippen MR) is 98.1 cm³/mol. The van der Waals surface area contributed by atoms with Gasteiger partial charge in [0.1, 0.15) is 0 Å². The summed E-state index contributed by atoms with van der Waals surface area (Å²) in [5, 5.41) is 2.88. The highest BCUT2D eigenvalue weighted by atomic mass is 127. The summed E-state index contributed by atoms with van der Waals surface area (Å²) >= 11 is 8.89. The monoisotopic (exact) mass is 508 g/mol. The van der Waals surface area contributed by atoms with E-state index in [4.69, 9.17) is 5.73 Å². The molecule has 3 N–H and O–H groups in total. The van der Waals surface area contributed by atoms with Crippen LogP contribution in [0.25, 0.3) is 0 Å². The highest BCUT2D eigenvalue weighted by Crippen LogP contribution is 2.29. The molecule has 0 aliphatic carbocycles. The number of rotatable bonds is 2. The average molecular weight is 510 g/mol. The molecule has 0 bridgehead atoms. The van der Waals surface area contributed by atoms with Crippen LogP contribution in [-0.4, -0.2) is 5.91 Å². The van der Waals surface area contributed by atoms with E-state index in [0.29, 0.717) is 16.9 Å². The van der Waals surface area contributed by atoms with E-state index in [1.54, 1.807) is 12.1 Å². The summed E-state index contributed by atoms with van der Waals surface area (Å²) in [6.45, 7) is 1.91. The van der Waals surface area contributed by atoms with Gasteiger partial charge in [-0.15, -0.1) is 0 Å².